The Morgan fingerprint density at radius 2 is 1.82 bits per heavy atom. The van der Waals surface area contributed by atoms with Crippen molar-refractivity contribution < 1.29 is 24.5 Å². The molecule has 0 aromatic heterocycles. The molecule has 2 aromatic rings. The van der Waals surface area contributed by atoms with E-state index in [1.807, 2.05) is 18.2 Å². The van der Waals surface area contributed by atoms with E-state index < -0.39 is 11.8 Å². The topological polar surface area (TPSA) is 90.3 Å². The van der Waals surface area contributed by atoms with Crippen LogP contribution < -0.4 is 0 Å². The number of aliphatic hydroxyl groups excluding tert-OH is 1. The predicted octanol–water partition coefficient (Wildman–Crippen LogP) is 6.09. The summed E-state index contributed by atoms with van der Waals surface area (Å²) >= 11 is 3.50. The van der Waals surface area contributed by atoms with Gasteiger partial charge in [0.1, 0.15) is 5.75 Å². The van der Waals surface area contributed by atoms with E-state index in [4.69, 9.17) is 4.74 Å². The molecule has 2 amide bonds. The molecule has 2 aromatic carbocycles. The molecule has 7 nitrogen and oxygen atoms in total. The van der Waals surface area contributed by atoms with Crippen LogP contribution in [0.2, 0.25) is 0 Å². The van der Waals surface area contributed by atoms with Gasteiger partial charge in [0, 0.05) is 41.6 Å². The summed E-state index contributed by atoms with van der Waals surface area (Å²) in [6, 6.07) is 15.8. The molecule has 3 heterocycles. The van der Waals surface area contributed by atoms with Crippen LogP contribution in [0.25, 0.3) is 6.08 Å². The van der Waals surface area contributed by atoms with Crippen LogP contribution in [0.1, 0.15) is 63.0 Å². The molecule has 6 rings (SSSR count). The second-order valence-corrected chi connectivity index (χ2v) is 13.7. The van der Waals surface area contributed by atoms with Crippen molar-refractivity contribution >= 4 is 33.8 Å². The van der Waals surface area contributed by atoms with Crippen molar-refractivity contribution in [2.24, 2.45) is 17.8 Å². The van der Waals surface area contributed by atoms with E-state index in [2.05, 4.69) is 58.1 Å². The first-order valence-electron chi connectivity index (χ1n) is 16.1. The first-order valence-corrected chi connectivity index (χ1v) is 16.9. The number of nitrogens with zero attached hydrogens (tertiary/aromatic N) is 2. The second-order valence-electron chi connectivity index (χ2n) is 12.8. The quantitative estimate of drug-likeness (QED) is 0.236. The molecule has 0 saturated carbocycles. The number of hydrogen-bond acceptors (Lipinski definition) is 6. The molecule has 44 heavy (non-hydrogen) atoms. The molecule has 1 aliphatic carbocycles. The second kappa shape index (κ2) is 13.7. The van der Waals surface area contributed by atoms with Crippen LogP contribution in [-0.4, -0.2) is 70.3 Å². The third-order valence-corrected chi connectivity index (χ3v) is 10.5. The third-order valence-electron chi connectivity index (χ3n) is 10.1. The van der Waals surface area contributed by atoms with Crippen LogP contribution in [0, 0.1) is 17.8 Å². The van der Waals surface area contributed by atoms with E-state index >= 15 is 0 Å². The van der Waals surface area contributed by atoms with Crippen LogP contribution in [0.4, 0.5) is 0 Å². The van der Waals surface area contributed by atoms with Gasteiger partial charge in [-0.1, -0.05) is 71.3 Å². The van der Waals surface area contributed by atoms with Crippen LogP contribution in [0.5, 0.6) is 5.75 Å². The molecule has 3 aliphatic heterocycles. The van der Waals surface area contributed by atoms with Crippen molar-refractivity contribution in [2.75, 3.05) is 26.3 Å². The number of fused-ring (bicyclic) bond motifs is 3. The molecular formula is C36H43BrN2O5. The van der Waals surface area contributed by atoms with Gasteiger partial charge in [-0.25, -0.2) is 0 Å². The summed E-state index contributed by atoms with van der Waals surface area (Å²) < 4.78 is 7.27. The molecule has 0 bridgehead atoms. The zero-order valence-corrected chi connectivity index (χ0v) is 27.0. The number of allylic oxidation sites excluding steroid dienone is 1. The summed E-state index contributed by atoms with van der Waals surface area (Å²) in [5.74, 6) is -0.812. The molecule has 4 atom stereocenters. The number of carbonyl (C=O) groups is 2. The molecule has 0 unspecified atom stereocenters. The molecule has 3 fully saturated rings. The minimum Gasteiger partial charge on any atom is -0.507 e. The molecule has 3 saturated heterocycles. The van der Waals surface area contributed by atoms with Crippen LogP contribution in [-0.2, 0) is 20.9 Å². The van der Waals surface area contributed by atoms with Gasteiger partial charge in [-0.05, 0) is 73.4 Å². The van der Waals surface area contributed by atoms with Gasteiger partial charge < -0.3 is 14.9 Å². The summed E-state index contributed by atoms with van der Waals surface area (Å²) in [7, 11) is 0. The highest BCUT2D eigenvalue weighted by Crippen LogP contribution is 2.50. The average Bonchev–Trinajstić information content (AvgIpc) is 3.56. The Balaban J connectivity index is 1.13. The van der Waals surface area contributed by atoms with Crippen molar-refractivity contribution in [1.82, 2.24) is 9.80 Å². The van der Waals surface area contributed by atoms with Crippen molar-refractivity contribution in [3.8, 4) is 5.75 Å². The standard InChI is InChI=1S/C36H43BrN2O5/c1-2-6-23(17-25-18-27(37)10-11-31(25)41)9-12-32-33-26(21-40)19-29-34(30(33)22-44-32)36(43)39(35(29)42)28-13-15-38(16-14-28)20-24-7-4-3-5-8-24/h3-5,7-8,10-11,17-18,28-30,32,34,40-41H,2,6,9,12-16,19-22H2,1H3/b23-17+/t29-,30+,32-,34-/m1/s1. The summed E-state index contributed by atoms with van der Waals surface area (Å²) in [5, 5.41) is 20.8. The smallest absolute Gasteiger partial charge is 0.234 e. The van der Waals surface area contributed by atoms with Crippen molar-refractivity contribution in [2.45, 2.75) is 70.6 Å². The number of phenols is 1. The van der Waals surface area contributed by atoms with Crippen molar-refractivity contribution in [1.29, 1.82) is 0 Å². The zero-order chi connectivity index (χ0) is 30.8. The van der Waals surface area contributed by atoms with Crippen molar-refractivity contribution in [3.05, 3.63) is 80.8 Å². The highest BCUT2D eigenvalue weighted by Gasteiger charge is 2.58. The molecule has 2 N–H and O–H groups in total. The van der Waals surface area contributed by atoms with Crippen molar-refractivity contribution in [3.63, 3.8) is 0 Å². The molecule has 234 valence electrons. The number of hydrogen-bond donors (Lipinski definition) is 2. The van der Waals surface area contributed by atoms with E-state index in [0.717, 1.165) is 79.3 Å². The summed E-state index contributed by atoms with van der Waals surface area (Å²) in [6.45, 7) is 5.04. The number of imide groups is 1. The summed E-state index contributed by atoms with van der Waals surface area (Å²) in [5.41, 5.74) is 5.22. The fraction of sp³-hybridized carbons (Fsp3) is 0.500. The number of halogens is 1. The van der Waals surface area contributed by atoms with E-state index in [9.17, 15) is 19.8 Å². The maximum atomic E-state index is 14.0. The molecular weight excluding hydrogens is 620 g/mol. The van der Waals surface area contributed by atoms with Crippen LogP contribution in [0.15, 0.2) is 69.7 Å². The first-order chi connectivity index (χ1) is 21.4. The monoisotopic (exact) mass is 662 g/mol. The van der Waals surface area contributed by atoms with E-state index in [1.54, 1.807) is 11.0 Å². The largest absolute Gasteiger partial charge is 0.507 e. The Morgan fingerprint density at radius 1 is 1.05 bits per heavy atom. The lowest BCUT2D eigenvalue weighted by Gasteiger charge is -2.36. The highest BCUT2D eigenvalue weighted by molar-refractivity contribution is 9.10. The summed E-state index contributed by atoms with van der Waals surface area (Å²) in [4.78, 5) is 31.8. The number of phenolic OH excluding ortho intramolecular Hbond substituents is 1. The number of likely N-dealkylation sites (tertiary alicyclic amines) is 2. The zero-order valence-electron chi connectivity index (χ0n) is 25.5. The minimum absolute atomic E-state index is 0.0399. The van der Waals surface area contributed by atoms with Gasteiger partial charge in [0.05, 0.1) is 31.2 Å². The van der Waals surface area contributed by atoms with Gasteiger partial charge in [-0.2, -0.15) is 0 Å². The van der Waals surface area contributed by atoms with Gasteiger partial charge in [0.15, 0.2) is 0 Å². The number of ether oxygens (including phenoxy) is 1. The fourth-order valence-corrected chi connectivity index (χ4v) is 8.33. The average molecular weight is 664 g/mol. The molecule has 4 aliphatic rings. The molecule has 0 spiro atoms. The van der Waals surface area contributed by atoms with Crippen LogP contribution >= 0.6 is 15.9 Å². The number of benzene rings is 2. The Hall–Kier alpha value is -2.78. The lowest BCUT2D eigenvalue weighted by Crippen LogP contribution is -2.47. The number of carbonyl (C=O) groups excluding carboxylic acids is 2. The first kappa shape index (κ1) is 31.2. The number of amides is 2. The van der Waals surface area contributed by atoms with E-state index in [0.29, 0.717) is 13.0 Å². The van der Waals surface area contributed by atoms with Gasteiger partial charge in [-0.3, -0.25) is 19.4 Å². The lowest BCUT2D eigenvalue weighted by atomic mass is 9.69. The van der Waals surface area contributed by atoms with E-state index in [1.165, 1.54) is 11.1 Å². The Labute approximate surface area is 268 Å². The fourth-order valence-electron chi connectivity index (χ4n) is 7.95. The number of piperidine rings is 1. The Kier molecular flexibility index (Phi) is 9.71. The number of rotatable bonds is 10. The number of aromatic hydroxyl groups is 1. The van der Waals surface area contributed by atoms with Crippen LogP contribution in [0.3, 0.4) is 0 Å². The Morgan fingerprint density at radius 3 is 2.55 bits per heavy atom. The normalized spacial score (nSPS) is 26.4. The highest BCUT2D eigenvalue weighted by atomic mass is 79.9. The SMILES string of the molecule is CCC/C(=C\c1cc(Br)ccc1O)CC[C@H]1OC[C@H]2C1=C(CO)C[C@H]1C(=O)N(C3CCN(Cc4ccccc4)CC3)C(=O)[C@H]12. The maximum Gasteiger partial charge on any atom is 0.234 e. The molecule has 0 radical (unpaired) electrons. The predicted molar refractivity (Wildman–Crippen MR) is 173 cm³/mol. The summed E-state index contributed by atoms with van der Waals surface area (Å²) in [6.07, 6.45) is 7.32. The third kappa shape index (κ3) is 6.32. The van der Waals surface area contributed by atoms with E-state index in [-0.39, 0.29) is 42.2 Å². The lowest BCUT2D eigenvalue weighted by molar-refractivity contribution is -0.144. The van der Waals surface area contributed by atoms with Gasteiger partial charge >= 0.3 is 0 Å². The number of aliphatic hydroxyl groups is 1. The Bertz CT molecular complexity index is 1430. The van der Waals surface area contributed by atoms with Gasteiger partial charge in [-0.15, -0.1) is 0 Å². The van der Waals surface area contributed by atoms with Gasteiger partial charge in [0.2, 0.25) is 11.8 Å². The maximum absolute atomic E-state index is 14.0. The van der Waals surface area contributed by atoms with Gasteiger partial charge in [0.25, 0.3) is 0 Å². The molecule has 8 heteroatoms. The minimum atomic E-state index is -0.404.